The average Bonchev–Trinajstić information content (AvgIpc) is 2.54. The van der Waals surface area contributed by atoms with Gasteiger partial charge in [0.2, 0.25) is 0 Å². The molecule has 0 aliphatic heterocycles. The fraction of sp³-hybridized carbons (Fsp3) is 0.333. The summed E-state index contributed by atoms with van der Waals surface area (Å²) in [6, 6.07) is 16.7. The van der Waals surface area contributed by atoms with Crippen molar-refractivity contribution < 1.29 is 9.47 Å². The van der Waals surface area contributed by atoms with Gasteiger partial charge in [-0.25, -0.2) is 0 Å². The number of benzene rings is 2. The summed E-state index contributed by atoms with van der Waals surface area (Å²) in [4.78, 5) is 0. The van der Waals surface area contributed by atoms with E-state index in [2.05, 4.69) is 36.5 Å². The second kappa shape index (κ2) is 7.70. The molecule has 21 heavy (non-hydrogen) atoms. The summed E-state index contributed by atoms with van der Waals surface area (Å²) in [7, 11) is 1.68. The van der Waals surface area contributed by atoms with Crippen LogP contribution < -0.4 is 14.8 Å². The molecule has 1 N–H and O–H groups in total. The molecule has 3 nitrogen and oxygen atoms in total. The van der Waals surface area contributed by atoms with Crippen LogP contribution in [0.4, 0.5) is 0 Å². The summed E-state index contributed by atoms with van der Waals surface area (Å²) in [6.07, 6.45) is 0. The van der Waals surface area contributed by atoms with E-state index in [1.54, 1.807) is 7.11 Å². The third kappa shape index (κ3) is 4.50. The molecule has 0 radical (unpaired) electrons. The zero-order valence-electron chi connectivity index (χ0n) is 12.9. The van der Waals surface area contributed by atoms with Gasteiger partial charge in [-0.15, -0.1) is 0 Å². The summed E-state index contributed by atoms with van der Waals surface area (Å²) in [5.41, 5.74) is 2.50. The Bertz CT molecular complexity index is 534. The van der Waals surface area contributed by atoms with E-state index >= 15 is 0 Å². The molecule has 0 aromatic heterocycles. The number of rotatable bonds is 7. The molecule has 3 heteroatoms. The Morgan fingerprint density at radius 2 is 1.57 bits per heavy atom. The predicted molar refractivity (Wildman–Crippen MR) is 85.9 cm³/mol. The van der Waals surface area contributed by atoms with Gasteiger partial charge in [0.1, 0.15) is 11.5 Å². The summed E-state index contributed by atoms with van der Waals surface area (Å²) in [5, 5.41) is 3.52. The first-order valence-electron chi connectivity index (χ1n) is 7.32. The molecule has 0 heterocycles. The van der Waals surface area contributed by atoms with Crippen molar-refractivity contribution in [3.8, 4) is 11.5 Å². The van der Waals surface area contributed by atoms with Crippen LogP contribution in [0.1, 0.15) is 31.0 Å². The van der Waals surface area contributed by atoms with Gasteiger partial charge in [-0.2, -0.15) is 0 Å². The summed E-state index contributed by atoms with van der Waals surface area (Å²) >= 11 is 0. The van der Waals surface area contributed by atoms with Gasteiger partial charge in [0.25, 0.3) is 0 Å². The Morgan fingerprint density at radius 1 is 0.952 bits per heavy atom. The van der Waals surface area contributed by atoms with E-state index in [0.29, 0.717) is 12.6 Å². The Kier molecular flexibility index (Phi) is 5.64. The monoisotopic (exact) mass is 285 g/mol. The number of hydrogen-bond donors (Lipinski definition) is 1. The van der Waals surface area contributed by atoms with E-state index in [4.69, 9.17) is 9.47 Å². The number of nitrogens with one attached hydrogen (secondary N) is 1. The maximum absolute atomic E-state index is 5.45. The molecule has 0 saturated carbocycles. The molecule has 0 amide bonds. The minimum atomic E-state index is 0.294. The van der Waals surface area contributed by atoms with E-state index in [1.165, 1.54) is 11.1 Å². The molecule has 1 unspecified atom stereocenters. The quantitative estimate of drug-likeness (QED) is 0.835. The second-order valence-corrected chi connectivity index (χ2v) is 4.95. The molecule has 2 aromatic rings. The Morgan fingerprint density at radius 3 is 2.14 bits per heavy atom. The van der Waals surface area contributed by atoms with Crippen molar-refractivity contribution in [2.45, 2.75) is 26.4 Å². The van der Waals surface area contributed by atoms with Crippen LogP contribution in [0.25, 0.3) is 0 Å². The van der Waals surface area contributed by atoms with Crippen LogP contribution in [0.15, 0.2) is 48.5 Å². The zero-order valence-corrected chi connectivity index (χ0v) is 12.9. The first-order chi connectivity index (χ1) is 10.2. The van der Waals surface area contributed by atoms with E-state index in [9.17, 15) is 0 Å². The Labute approximate surface area is 126 Å². The highest BCUT2D eigenvalue weighted by molar-refractivity contribution is 5.30. The molecule has 1 atom stereocenters. The largest absolute Gasteiger partial charge is 0.497 e. The van der Waals surface area contributed by atoms with Crippen LogP contribution in [-0.2, 0) is 6.54 Å². The molecule has 0 aliphatic rings. The average molecular weight is 285 g/mol. The van der Waals surface area contributed by atoms with Crippen LogP contribution in [-0.4, -0.2) is 13.7 Å². The van der Waals surface area contributed by atoms with Gasteiger partial charge < -0.3 is 14.8 Å². The molecule has 2 rings (SSSR count). The standard InChI is InChI=1S/C18H23NO2/c1-4-21-18-9-5-15(6-10-18)13-19-14(2)16-7-11-17(20-3)12-8-16/h5-12,14,19H,4,13H2,1-3H3. The highest BCUT2D eigenvalue weighted by Gasteiger charge is 2.05. The predicted octanol–water partition coefficient (Wildman–Crippen LogP) is 3.94. The van der Waals surface area contributed by atoms with Crippen LogP contribution >= 0.6 is 0 Å². The second-order valence-electron chi connectivity index (χ2n) is 4.95. The zero-order chi connectivity index (χ0) is 15.1. The third-order valence-electron chi connectivity index (χ3n) is 3.46. The lowest BCUT2D eigenvalue weighted by Crippen LogP contribution is -2.17. The Balaban J connectivity index is 1.88. The fourth-order valence-electron chi connectivity index (χ4n) is 2.15. The van der Waals surface area contributed by atoms with Crippen molar-refractivity contribution in [3.05, 3.63) is 59.7 Å². The number of hydrogen-bond acceptors (Lipinski definition) is 3. The molecular weight excluding hydrogens is 262 g/mol. The number of ether oxygens (including phenoxy) is 2. The molecule has 112 valence electrons. The van der Waals surface area contributed by atoms with Crippen molar-refractivity contribution >= 4 is 0 Å². The van der Waals surface area contributed by atoms with Gasteiger partial charge in [-0.3, -0.25) is 0 Å². The van der Waals surface area contributed by atoms with E-state index in [0.717, 1.165) is 18.0 Å². The smallest absolute Gasteiger partial charge is 0.119 e. The lowest BCUT2D eigenvalue weighted by Gasteiger charge is -2.15. The molecule has 0 fully saturated rings. The van der Waals surface area contributed by atoms with Crippen molar-refractivity contribution in [2.75, 3.05) is 13.7 Å². The van der Waals surface area contributed by atoms with Gasteiger partial charge in [0.15, 0.2) is 0 Å². The highest BCUT2D eigenvalue weighted by atomic mass is 16.5. The first kappa shape index (κ1) is 15.4. The topological polar surface area (TPSA) is 30.5 Å². The minimum Gasteiger partial charge on any atom is -0.497 e. The van der Waals surface area contributed by atoms with Crippen LogP contribution in [0.5, 0.6) is 11.5 Å². The van der Waals surface area contributed by atoms with E-state index in [-0.39, 0.29) is 0 Å². The summed E-state index contributed by atoms with van der Waals surface area (Å²) < 4.78 is 10.6. The molecular formula is C18H23NO2. The van der Waals surface area contributed by atoms with Crippen molar-refractivity contribution in [2.24, 2.45) is 0 Å². The Hall–Kier alpha value is -2.00. The van der Waals surface area contributed by atoms with Gasteiger partial charge in [0.05, 0.1) is 13.7 Å². The number of methoxy groups -OCH3 is 1. The third-order valence-corrected chi connectivity index (χ3v) is 3.46. The van der Waals surface area contributed by atoms with Crippen molar-refractivity contribution in [3.63, 3.8) is 0 Å². The van der Waals surface area contributed by atoms with Gasteiger partial charge in [-0.1, -0.05) is 24.3 Å². The lowest BCUT2D eigenvalue weighted by atomic mass is 10.1. The summed E-state index contributed by atoms with van der Waals surface area (Å²) in [6.45, 7) is 5.69. The summed E-state index contributed by atoms with van der Waals surface area (Å²) in [5.74, 6) is 1.81. The molecule has 0 aliphatic carbocycles. The molecule has 0 spiro atoms. The van der Waals surface area contributed by atoms with E-state index in [1.807, 2.05) is 31.2 Å². The van der Waals surface area contributed by atoms with E-state index < -0.39 is 0 Å². The fourth-order valence-corrected chi connectivity index (χ4v) is 2.15. The van der Waals surface area contributed by atoms with Gasteiger partial charge in [-0.05, 0) is 49.2 Å². The minimum absolute atomic E-state index is 0.294. The van der Waals surface area contributed by atoms with Crippen molar-refractivity contribution in [1.29, 1.82) is 0 Å². The molecule has 0 saturated heterocycles. The molecule has 2 aromatic carbocycles. The van der Waals surface area contributed by atoms with Gasteiger partial charge >= 0.3 is 0 Å². The highest BCUT2D eigenvalue weighted by Crippen LogP contribution is 2.18. The van der Waals surface area contributed by atoms with Gasteiger partial charge in [0, 0.05) is 12.6 Å². The van der Waals surface area contributed by atoms with Crippen LogP contribution in [0.2, 0.25) is 0 Å². The van der Waals surface area contributed by atoms with Crippen LogP contribution in [0.3, 0.4) is 0 Å². The maximum Gasteiger partial charge on any atom is 0.119 e. The first-order valence-corrected chi connectivity index (χ1v) is 7.32. The molecule has 0 bridgehead atoms. The normalized spacial score (nSPS) is 12.0. The van der Waals surface area contributed by atoms with Crippen LogP contribution in [0, 0.1) is 0 Å². The SMILES string of the molecule is CCOc1ccc(CNC(C)c2ccc(OC)cc2)cc1. The van der Waals surface area contributed by atoms with Crippen molar-refractivity contribution in [1.82, 2.24) is 5.32 Å². The lowest BCUT2D eigenvalue weighted by molar-refractivity contribution is 0.340. The maximum atomic E-state index is 5.45.